The molecule has 5 heteroatoms. The van der Waals surface area contributed by atoms with Crippen LogP contribution in [0.2, 0.25) is 0 Å². The van der Waals surface area contributed by atoms with Gasteiger partial charge < -0.3 is 0 Å². The normalized spacial score (nSPS) is 14.5. The molecule has 0 aliphatic carbocycles. The van der Waals surface area contributed by atoms with Gasteiger partial charge in [-0.25, -0.2) is 4.68 Å². The van der Waals surface area contributed by atoms with Crippen molar-refractivity contribution in [2.24, 2.45) is 0 Å². The molecule has 1 aliphatic heterocycles. The maximum absolute atomic E-state index is 4.24. The third-order valence-corrected chi connectivity index (χ3v) is 4.64. The highest BCUT2D eigenvalue weighted by atomic mass is 15.5. The quantitative estimate of drug-likeness (QED) is 0.725. The molecular formula is C19H21N5. The molecule has 5 nitrogen and oxygen atoms in total. The van der Waals surface area contributed by atoms with E-state index in [2.05, 4.69) is 69.0 Å². The summed E-state index contributed by atoms with van der Waals surface area (Å²) in [5.41, 5.74) is 4.20. The zero-order valence-corrected chi connectivity index (χ0v) is 13.7. The summed E-state index contributed by atoms with van der Waals surface area (Å²) in [6.45, 7) is 3.65. The molecule has 122 valence electrons. The van der Waals surface area contributed by atoms with E-state index in [-0.39, 0.29) is 0 Å². The summed E-state index contributed by atoms with van der Waals surface area (Å²) >= 11 is 0. The Hall–Kier alpha value is -2.53. The van der Waals surface area contributed by atoms with Gasteiger partial charge in [-0.05, 0) is 40.0 Å². The number of aryl methyl sites for hydroxylation is 2. The van der Waals surface area contributed by atoms with E-state index in [0.717, 1.165) is 44.8 Å². The molecule has 24 heavy (non-hydrogen) atoms. The lowest BCUT2D eigenvalue weighted by Gasteiger charge is -2.28. The molecule has 2 heterocycles. The summed E-state index contributed by atoms with van der Waals surface area (Å²) < 4.78 is 1.94. The minimum Gasteiger partial charge on any atom is -0.291 e. The maximum atomic E-state index is 4.24. The van der Waals surface area contributed by atoms with Gasteiger partial charge in [0.05, 0.1) is 6.54 Å². The van der Waals surface area contributed by atoms with Gasteiger partial charge >= 0.3 is 0 Å². The van der Waals surface area contributed by atoms with Crippen LogP contribution in [-0.2, 0) is 32.5 Å². The molecule has 4 rings (SSSR count). The second-order valence-corrected chi connectivity index (χ2v) is 6.28. The Balaban J connectivity index is 1.40. The van der Waals surface area contributed by atoms with E-state index < -0.39 is 0 Å². The highest BCUT2D eigenvalue weighted by molar-refractivity contribution is 5.29. The van der Waals surface area contributed by atoms with Crippen molar-refractivity contribution < 1.29 is 0 Å². The van der Waals surface area contributed by atoms with Gasteiger partial charge in [0.2, 0.25) is 0 Å². The number of rotatable bonds is 5. The second kappa shape index (κ2) is 6.93. The molecule has 0 unspecified atom stereocenters. The van der Waals surface area contributed by atoms with Crippen molar-refractivity contribution in [3.8, 4) is 0 Å². The Bertz CT molecular complexity index is 796. The van der Waals surface area contributed by atoms with Gasteiger partial charge in [-0.3, -0.25) is 4.90 Å². The van der Waals surface area contributed by atoms with E-state index in [1.165, 1.54) is 16.7 Å². The smallest absolute Gasteiger partial charge is 0.165 e. The number of hydrogen-bond acceptors (Lipinski definition) is 4. The SMILES string of the molecule is c1ccc(CCn2nnnc2CN2CCc3ccccc3C2)cc1. The second-order valence-electron chi connectivity index (χ2n) is 6.28. The molecule has 3 aromatic rings. The molecule has 0 bridgehead atoms. The van der Waals surface area contributed by atoms with Gasteiger partial charge in [0.25, 0.3) is 0 Å². The van der Waals surface area contributed by atoms with Crippen molar-refractivity contribution >= 4 is 0 Å². The summed E-state index contributed by atoms with van der Waals surface area (Å²) in [6.07, 6.45) is 2.05. The van der Waals surface area contributed by atoms with E-state index in [4.69, 9.17) is 0 Å². The van der Waals surface area contributed by atoms with Gasteiger partial charge in [-0.15, -0.1) is 5.10 Å². The molecule has 0 atom stereocenters. The minimum absolute atomic E-state index is 0.802. The largest absolute Gasteiger partial charge is 0.291 e. The molecule has 1 aliphatic rings. The molecule has 1 aromatic heterocycles. The van der Waals surface area contributed by atoms with Crippen LogP contribution in [0.5, 0.6) is 0 Å². The first-order chi connectivity index (χ1) is 11.9. The third-order valence-electron chi connectivity index (χ3n) is 4.64. The van der Waals surface area contributed by atoms with E-state index in [1.54, 1.807) is 0 Å². The van der Waals surface area contributed by atoms with Gasteiger partial charge in [-0.2, -0.15) is 0 Å². The van der Waals surface area contributed by atoms with Crippen LogP contribution < -0.4 is 0 Å². The summed E-state index contributed by atoms with van der Waals surface area (Å²) in [4.78, 5) is 2.42. The Morgan fingerprint density at radius 1 is 0.917 bits per heavy atom. The van der Waals surface area contributed by atoms with Crippen molar-refractivity contribution in [3.05, 3.63) is 77.1 Å². The fraction of sp³-hybridized carbons (Fsp3) is 0.316. The van der Waals surface area contributed by atoms with Crippen LogP contribution in [0.15, 0.2) is 54.6 Å². The van der Waals surface area contributed by atoms with Crippen molar-refractivity contribution in [1.82, 2.24) is 25.1 Å². The number of hydrogen-bond donors (Lipinski definition) is 0. The van der Waals surface area contributed by atoms with Crippen molar-refractivity contribution in [3.63, 3.8) is 0 Å². The fourth-order valence-corrected chi connectivity index (χ4v) is 3.28. The molecule has 2 aromatic carbocycles. The molecule has 0 fully saturated rings. The lowest BCUT2D eigenvalue weighted by molar-refractivity contribution is 0.234. The summed E-state index contributed by atoms with van der Waals surface area (Å²) in [5.74, 6) is 0.949. The Morgan fingerprint density at radius 3 is 2.58 bits per heavy atom. The van der Waals surface area contributed by atoms with Gasteiger partial charge in [0, 0.05) is 19.6 Å². The molecule has 0 saturated carbocycles. The summed E-state index contributed by atoms with van der Waals surface area (Å²) in [5, 5.41) is 12.3. The number of fused-ring (bicyclic) bond motifs is 1. The first-order valence-electron chi connectivity index (χ1n) is 8.46. The molecule has 0 N–H and O–H groups in total. The molecule has 0 spiro atoms. The van der Waals surface area contributed by atoms with Crippen LogP contribution in [-0.4, -0.2) is 31.7 Å². The fourth-order valence-electron chi connectivity index (χ4n) is 3.28. The van der Waals surface area contributed by atoms with Crippen LogP contribution in [0.3, 0.4) is 0 Å². The van der Waals surface area contributed by atoms with Crippen LogP contribution >= 0.6 is 0 Å². The van der Waals surface area contributed by atoms with Crippen LogP contribution in [0, 0.1) is 0 Å². The van der Waals surface area contributed by atoms with Crippen molar-refractivity contribution in [1.29, 1.82) is 0 Å². The topological polar surface area (TPSA) is 46.8 Å². The number of nitrogens with zero attached hydrogens (tertiary/aromatic N) is 5. The van der Waals surface area contributed by atoms with E-state index >= 15 is 0 Å². The van der Waals surface area contributed by atoms with Crippen LogP contribution in [0.25, 0.3) is 0 Å². The lowest BCUT2D eigenvalue weighted by atomic mass is 10.00. The van der Waals surface area contributed by atoms with Gasteiger partial charge in [0.15, 0.2) is 5.82 Å². The Morgan fingerprint density at radius 2 is 1.71 bits per heavy atom. The van der Waals surface area contributed by atoms with Crippen molar-refractivity contribution in [2.45, 2.75) is 32.5 Å². The highest BCUT2D eigenvalue weighted by Crippen LogP contribution is 2.19. The predicted octanol–water partition coefficient (Wildman–Crippen LogP) is 2.47. The van der Waals surface area contributed by atoms with Crippen LogP contribution in [0.4, 0.5) is 0 Å². The minimum atomic E-state index is 0.802. The zero-order valence-electron chi connectivity index (χ0n) is 13.7. The first-order valence-corrected chi connectivity index (χ1v) is 8.46. The van der Waals surface area contributed by atoms with Crippen LogP contribution in [0.1, 0.15) is 22.5 Å². The number of tetrazole rings is 1. The summed E-state index contributed by atoms with van der Waals surface area (Å²) in [6, 6.07) is 19.2. The number of benzene rings is 2. The zero-order chi connectivity index (χ0) is 16.2. The standard InChI is InChI=1S/C19H21N5/c1-2-6-16(7-3-1)10-13-24-19(20-21-22-24)15-23-12-11-17-8-4-5-9-18(17)14-23/h1-9H,10-15H2. The van der Waals surface area contributed by atoms with E-state index in [1.807, 2.05) is 10.7 Å². The molecule has 0 radical (unpaired) electrons. The average molecular weight is 319 g/mol. The van der Waals surface area contributed by atoms with E-state index in [9.17, 15) is 0 Å². The maximum Gasteiger partial charge on any atom is 0.165 e. The van der Waals surface area contributed by atoms with E-state index in [0.29, 0.717) is 0 Å². The monoisotopic (exact) mass is 319 g/mol. The van der Waals surface area contributed by atoms with Crippen molar-refractivity contribution in [2.75, 3.05) is 6.54 Å². The van der Waals surface area contributed by atoms with Gasteiger partial charge in [0.1, 0.15) is 0 Å². The molecule has 0 saturated heterocycles. The van der Waals surface area contributed by atoms with Gasteiger partial charge in [-0.1, -0.05) is 54.6 Å². The predicted molar refractivity (Wildman–Crippen MR) is 92.2 cm³/mol. The third kappa shape index (κ3) is 3.36. The highest BCUT2D eigenvalue weighted by Gasteiger charge is 2.18. The molecule has 0 amide bonds. The average Bonchev–Trinajstić information content (AvgIpc) is 3.08. The summed E-state index contributed by atoms with van der Waals surface area (Å²) in [7, 11) is 0. The Labute approximate surface area is 141 Å². The Kier molecular flexibility index (Phi) is 4.34. The first kappa shape index (κ1) is 15.0. The number of aromatic nitrogens is 4. The lowest BCUT2D eigenvalue weighted by Crippen LogP contribution is -2.31. The molecular weight excluding hydrogens is 298 g/mol.